The molecule has 0 fully saturated rings. The number of ether oxygens (including phenoxy) is 4. The predicted octanol–water partition coefficient (Wildman–Crippen LogP) is 2.30. The number of hydrogen-bond acceptors (Lipinski definition) is 8. The van der Waals surface area contributed by atoms with Gasteiger partial charge in [0.25, 0.3) is 5.91 Å². The van der Waals surface area contributed by atoms with E-state index in [0.29, 0.717) is 24.7 Å². The Balaban J connectivity index is 1.83. The second kappa shape index (κ2) is 9.82. The van der Waals surface area contributed by atoms with Crippen LogP contribution in [0.3, 0.4) is 0 Å². The summed E-state index contributed by atoms with van der Waals surface area (Å²) in [4.78, 5) is 30.9. The van der Waals surface area contributed by atoms with Crippen LogP contribution < -0.4 is 9.64 Å². The highest BCUT2D eigenvalue weighted by Gasteiger charge is 2.33. The van der Waals surface area contributed by atoms with Crippen molar-refractivity contribution in [2.24, 2.45) is 0 Å². The standard InChI is InChI=1S/C20H24N2O6S/c1-13-20(24)22(11-19(23)27-9-8-26-3)16-10-14(4-5-17(16)28-13)15-12-29-18(21-15)6-7-25-2/h4-5,10,12-13H,6-9,11H2,1-3H3. The number of aromatic nitrogens is 1. The van der Waals surface area contributed by atoms with Gasteiger partial charge in [0.1, 0.15) is 18.9 Å². The van der Waals surface area contributed by atoms with Crippen molar-refractivity contribution < 1.29 is 28.5 Å². The number of rotatable bonds is 9. The molecule has 0 radical (unpaired) electrons. The summed E-state index contributed by atoms with van der Waals surface area (Å²) in [5, 5.41) is 2.93. The molecule has 1 aromatic carbocycles. The Morgan fingerprint density at radius 1 is 1.24 bits per heavy atom. The SMILES string of the molecule is COCCOC(=O)CN1C(=O)C(C)Oc2ccc(-c3csc(CCOC)n3)cc21. The number of esters is 1. The summed E-state index contributed by atoms with van der Waals surface area (Å²) < 4.78 is 20.8. The van der Waals surface area contributed by atoms with Crippen molar-refractivity contribution in [3.8, 4) is 17.0 Å². The quantitative estimate of drug-likeness (QED) is 0.454. The van der Waals surface area contributed by atoms with Crippen LogP contribution in [-0.2, 0) is 30.2 Å². The van der Waals surface area contributed by atoms with E-state index in [1.165, 1.54) is 12.0 Å². The molecule has 156 valence electrons. The maximum absolute atomic E-state index is 12.7. The summed E-state index contributed by atoms with van der Waals surface area (Å²) in [5.74, 6) is -0.255. The van der Waals surface area contributed by atoms with E-state index in [9.17, 15) is 9.59 Å². The molecule has 1 aliphatic heterocycles. The van der Waals surface area contributed by atoms with E-state index < -0.39 is 12.1 Å². The van der Waals surface area contributed by atoms with Crippen LogP contribution in [0.2, 0.25) is 0 Å². The molecule has 0 bridgehead atoms. The van der Waals surface area contributed by atoms with Gasteiger partial charge in [0.2, 0.25) is 0 Å². The van der Waals surface area contributed by atoms with Crippen molar-refractivity contribution in [1.82, 2.24) is 4.98 Å². The molecule has 0 aliphatic carbocycles. The first kappa shape index (κ1) is 21.2. The molecule has 1 aliphatic rings. The third-order valence-corrected chi connectivity index (χ3v) is 5.28. The normalized spacial score (nSPS) is 15.8. The highest BCUT2D eigenvalue weighted by molar-refractivity contribution is 7.09. The van der Waals surface area contributed by atoms with Gasteiger partial charge in [0.05, 0.1) is 29.6 Å². The molecule has 1 atom stereocenters. The Morgan fingerprint density at radius 2 is 2.03 bits per heavy atom. The molecule has 2 aromatic rings. The van der Waals surface area contributed by atoms with Gasteiger partial charge in [-0.05, 0) is 25.1 Å². The largest absolute Gasteiger partial charge is 0.479 e. The molecule has 2 heterocycles. The average molecular weight is 420 g/mol. The molecule has 1 amide bonds. The van der Waals surface area contributed by atoms with Crippen LogP contribution in [0.5, 0.6) is 5.75 Å². The van der Waals surface area contributed by atoms with Crippen molar-refractivity contribution in [3.63, 3.8) is 0 Å². The number of carbonyl (C=O) groups is 2. The first-order valence-corrected chi connectivity index (χ1v) is 10.1. The Kier molecular flexibility index (Phi) is 7.18. The number of carbonyl (C=O) groups excluding carboxylic acids is 2. The summed E-state index contributed by atoms with van der Waals surface area (Å²) in [5.41, 5.74) is 2.17. The van der Waals surface area contributed by atoms with Gasteiger partial charge in [-0.25, -0.2) is 4.98 Å². The maximum Gasteiger partial charge on any atom is 0.326 e. The van der Waals surface area contributed by atoms with Crippen LogP contribution >= 0.6 is 11.3 Å². The van der Waals surface area contributed by atoms with Gasteiger partial charge in [-0.15, -0.1) is 11.3 Å². The predicted molar refractivity (Wildman–Crippen MR) is 108 cm³/mol. The Labute approximate surface area is 173 Å². The van der Waals surface area contributed by atoms with Gasteiger partial charge in [-0.2, -0.15) is 0 Å². The minimum atomic E-state index is -0.681. The number of anilines is 1. The number of methoxy groups -OCH3 is 2. The molecule has 0 spiro atoms. The molecule has 8 nitrogen and oxygen atoms in total. The van der Waals surface area contributed by atoms with E-state index in [0.717, 1.165) is 22.7 Å². The highest BCUT2D eigenvalue weighted by atomic mass is 32.1. The summed E-state index contributed by atoms with van der Waals surface area (Å²) in [6.07, 6.45) is 0.0602. The minimum Gasteiger partial charge on any atom is -0.479 e. The Morgan fingerprint density at radius 3 is 2.79 bits per heavy atom. The van der Waals surface area contributed by atoms with Crippen molar-refractivity contribution in [1.29, 1.82) is 0 Å². The number of amides is 1. The molecule has 0 N–H and O–H groups in total. The maximum atomic E-state index is 12.7. The smallest absolute Gasteiger partial charge is 0.326 e. The molecule has 0 saturated heterocycles. The van der Waals surface area contributed by atoms with Crippen LogP contribution in [0.25, 0.3) is 11.3 Å². The van der Waals surface area contributed by atoms with E-state index in [1.54, 1.807) is 31.4 Å². The summed E-state index contributed by atoms with van der Waals surface area (Å²) >= 11 is 1.56. The lowest BCUT2D eigenvalue weighted by Gasteiger charge is -2.32. The number of nitrogens with zero attached hydrogens (tertiary/aromatic N) is 2. The van der Waals surface area contributed by atoms with Crippen LogP contribution in [0.1, 0.15) is 11.9 Å². The summed E-state index contributed by atoms with van der Waals surface area (Å²) in [6, 6.07) is 5.51. The minimum absolute atomic E-state index is 0.138. The lowest BCUT2D eigenvalue weighted by Crippen LogP contribution is -2.47. The topological polar surface area (TPSA) is 87.2 Å². The third kappa shape index (κ3) is 5.11. The fraction of sp³-hybridized carbons (Fsp3) is 0.450. The van der Waals surface area contributed by atoms with E-state index >= 15 is 0 Å². The van der Waals surface area contributed by atoms with Gasteiger partial charge in [0.15, 0.2) is 6.10 Å². The molecular formula is C20H24N2O6S. The van der Waals surface area contributed by atoms with Crippen molar-refractivity contribution >= 4 is 28.9 Å². The van der Waals surface area contributed by atoms with Gasteiger partial charge in [0, 0.05) is 31.6 Å². The molecule has 29 heavy (non-hydrogen) atoms. The lowest BCUT2D eigenvalue weighted by molar-refractivity contribution is -0.144. The van der Waals surface area contributed by atoms with Crippen LogP contribution in [0.15, 0.2) is 23.6 Å². The van der Waals surface area contributed by atoms with Gasteiger partial charge < -0.3 is 18.9 Å². The fourth-order valence-corrected chi connectivity index (χ4v) is 3.68. The van der Waals surface area contributed by atoms with Gasteiger partial charge >= 0.3 is 5.97 Å². The van der Waals surface area contributed by atoms with Crippen LogP contribution in [0.4, 0.5) is 5.69 Å². The van der Waals surface area contributed by atoms with E-state index in [4.69, 9.17) is 18.9 Å². The summed E-state index contributed by atoms with van der Waals surface area (Å²) in [7, 11) is 3.18. The molecule has 3 rings (SSSR count). The average Bonchev–Trinajstić information content (AvgIpc) is 3.19. The Hall–Kier alpha value is -2.49. The van der Waals surface area contributed by atoms with E-state index in [-0.39, 0.29) is 19.1 Å². The zero-order valence-electron chi connectivity index (χ0n) is 16.7. The number of thiazole rings is 1. The van der Waals surface area contributed by atoms with Crippen LogP contribution in [0, 0.1) is 0 Å². The van der Waals surface area contributed by atoms with Crippen molar-refractivity contribution in [3.05, 3.63) is 28.6 Å². The molecule has 9 heteroatoms. The highest BCUT2D eigenvalue weighted by Crippen LogP contribution is 2.37. The number of benzene rings is 1. The lowest BCUT2D eigenvalue weighted by atomic mass is 10.1. The fourth-order valence-electron chi connectivity index (χ4n) is 2.89. The number of hydrogen-bond donors (Lipinski definition) is 0. The number of fused-ring (bicyclic) bond motifs is 1. The zero-order valence-corrected chi connectivity index (χ0v) is 17.5. The monoisotopic (exact) mass is 420 g/mol. The van der Waals surface area contributed by atoms with Crippen LogP contribution in [-0.4, -0.2) is 63.5 Å². The summed E-state index contributed by atoms with van der Waals surface area (Å²) in [6.45, 7) is 2.51. The molecule has 0 saturated carbocycles. The second-order valence-corrected chi connectivity index (χ2v) is 7.39. The van der Waals surface area contributed by atoms with Crippen molar-refractivity contribution in [2.75, 3.05) is 45.5 Å². The van der Waals surface area contributed by atoms with Crippen molar-refractivity contribution in [2.45, 2.75) is 19.4 Å². The second-order valence-electron chi connectivity index (χ2n) is 6.45. The van der Waals surface area contributed by atoms with E-state index in [2.05, 4.69) is 4.98 Å². The first-order chi connectivity index (χ1) is 14.0. The Bertz CT molecular complexity index is 868. The van der Waals surface area contributed by atoms with Gasteiger partial charge in [-0.3, -0.25) is 14.5 Å². The third-order valence-electron chi connectivity index (χ3n) is 4.37. The zero-order chi connectivity index (χ0) is 20.8. The molecule has 1 unspecified atom stereocenters. The molecular weight excluding hydrogens is 396 g/mol. The van der Waals surface area contributed by atoms with Gasteiger partial charge in [-0.1, -0.05) is 0 Å². The first-order valence-electron chi connectivity index (χ1n) is 9.24. The molecule has 1 aromatic heterocycles. The van der Waals surface area contributed by atoms with E-state index in [1.807, 2.05) is 17.5 Å².